The average molecular weight is 486 g/mol. The van der Waals surface area contributed by atoms with Crippen molar-refractivity contribution in [2.45, 2.75) is 23.5 Å². The first kappa shape index (κ1) is 22.2. The van der Waals surface area contributed by atoms with Gasteiger partial charge in [-0.25, -0.2) is 8.42 Å². The zero-order valence-electron chi connectivity index (χ0n) is 18.8. The molecule has 2 aromatic heterocycles. The Hall–Kier alpha value is -2.65. The lowest BCUT2D eigenvalue weighted by Gasteiger charge is -2.39. The van der Waals surface area contributed by atoms with E-state index >= 15 is 0 Å². The molecular formula is C24H27N3O4S2. The van der Waals surface area contributed by atoms with Crippen LogP contribution in [0.2, 0.25) is 0 Å². The highest BCUT2D eigenvalue weighted by atomic mass is 32.2. The number of rotatable bonds is 3. The highest BCUT2D eigenvalue weighted by Gasteiger charge is 2.43. The molecule has 2 fully saturated rings. The molecule has 1 aromatic carbocycles. The fraction of sp³-hybridized carbons (Fsp3) is 0.417. The zero-order valence-corrected chi connectivity index (χ0v) is 20.4. The van der Waals surface area contributed by atoms with Crippen LogP contribution in [0.4, 0.5) is 0 Å². The molecular weight excluding hydrogens is 458 g/mol. The summed E-state index contributed by atoms with van der Waals surface area (Å²) in [7, 11) is -1.37. The molecule has 1 spiro atoms. The van der Waals surface area contributed by atoms with Gasteiger partial charge in [0.1, 0.15) is 9.90 Å². The number of hydrogen-bond donors (Lipinski definition) is 0. The van der Waals surface area contributed by atoms with E-state index in [2.05, 4.69) is 0 Å². The number of nitrogens with zero attached hydrogens (tertiary/aromatic N) is 3. The van der Waals surface area contributed by atoms with E-state index in [4.69, 9.17) is 0 Å². The second kappa shape index (κ2) is 7.99. The zero-order chi connectivity index (χ0) is 23.4. The van der Waals surface area contributed by atoms with Crippen LogP contribution in [0.15, 0.2) is 46.7 Å². The van der Waals surface area contributed by atoms with E-state index in [1.54, 1.807) is 6.07 Å². The number of para-hydroxylation sites is 1. The van der Waals surface area contributed by atoms with Crippen LogP contribution in [0, 0.1) is 5.41 Å². The van der Waals surface area contributed by atoms with Gasteiger partial charge < -0.3 is 14.4 Å². The molecule has 0 atom stereocenters. The molecule has 2 aliphatic heterocycles. The Morgan fingerprint density at radius 3 is 2.24 bits per heavy atom. The first-order valence-corrected chi connectivity index (χ1v) is 13.8. The van der Waals surface area contributed by atoms with Gasteiger partial charge in [-0.05, 0) is 48.9 Å². The van der Waals surface area contributed by atoms with Crippen molar-refractivity contribution >= 4 is 43.9 Å². The van der Waals surface area contributed by atoms with Crippen LogP contribution in [-0.4, -0.2) is 67.0 Å². The number of aryl methyl sites for hydroxylation is 1. The fourth-order valence-corrected chi connectivity index (χ4v) is 7.04. The number of carbonyl (C=O) groups is 2. The largest absolute Gasteiger partial charge is 0.340 e. The highest BCUT2D eigenvalue weighted by Crippen LogP contribution is 2.41. The lowest BCUT2D eigenvalue weighted by molar-refractivity contribution is 0.0559. The predicted molar refractivity (Wildman–Crippen MR) is 128 cm³/mol. The van der Waals surface area contributed by atoms with Gasteiger partial charge in [-0.3, -0.25) is 9.59 Å². The summed E-state index contributed by atoms with van der Waals surface area (Å²) >= 11 is 1.04. The number of hydrogen-bond acceptors (Lipinski definition) is 5. The molecule has 5 rings (SSSR count). The van der Waals surface area contributed by atoms with Gasteiger partial charge in [0.05, 0.1) is 4.88 Å². The molecule has 0 N–H and O–H groups in total. The molecule has 0 saturated carbocycles. The van der Waals surface area contributed by atoms with Gasteiger partial charge in [0.2, 0.25) is 0 Å². The van der Waals surface area contributed by atoms with E-state index < -0.39 is 9.84 Å². The molecule has 33 heavy (non-hydrogen) atoms. The minimum atomic E-state index is -3.31. The third-order valence-electron chi connectivity index (χ3n) is 7.17. The molecule has 2 amide bonds. The van der Waals surface area contributed by atoms with E-state index in [0.29, 0.717) is 36.8 Å². The SMILES string of the molecule is Cn1c(C(=O)N2CCC3(CCN(C(=O)c4ccc(S(C)(=O)=O)s4)C3)CC2)cc2ccccc21. The summed E-state index contributed by atoms with van der Waals surface area (Å²) in [5.74, 6) is -0.0397. The van der Waals surface area contributed by atoms with E-state index in [-0.39, 0.29) is 21.4 Å². The summed E-state index contributed by atoms with van der Waals surface area (Å²) < 4.78 is 25.7. The molecule has 2 saturated heterocycles. The number of carbonyl (C=O) groups excluding carboxylic acids is 2. The highest BCUT2D eigenvalue weighted by molar-refractivity contribution is 7.92. The Bertz CT molecular complexity index is 1350. The number of piperidine rings is 1. The van der Waals surface area contributed by atoms with Crippen molar-refractivity contribution in [2.75, 3.05) is 32.4 Å². The van der Waals surface area contributed by atoms with E-state index in [9.17, 15) is 18.0 Å². The molecule has 3 aromatic rings. The predicted octanol–water partition coefficient (Wildman–Crippen LogP) is 3.41. The van der Waals surface area contributed by atoms with Crippen molar-refractivity contribution < 1.29 is 18.0 Å². The van der Waals surface area contributed by atoms with Crippen molar-refractivity contribution in [2.24, 2.45) is 12.5 Å². The van der Waals surface area contributed by atoms with Gasteiger partial charge in [-0.2, -0.15) is 0 Å². The minimum absolute atomic E-state index is 0.0300. The number of benzene rings is 1. The number of aromatic nitrogens is 1. The maximum Gasteiger partial charge on any atom is 0.270 e. The Labute approximate surface area is 197 Å². The molecule has 4 heterocycles. The first-order chi connectivity index (χ1) is 15.7. The maximum atomic E-state index is 13.2. The molecule has 0 unspecified atom stereocenters. The van der Waals surface area contributed by atoms with Crippen LogP contribution in [-0.2, 0) is 16.9 Å². The lowest BCUT2D eigenvalue weighted by Crippen LogP contribution is -2.45. The van der Waals surface area contributed by atoms with E-state index in [0.717, 1.165) is 47.8 Å². The summed E-state index contributed by atoms with van der Waals surface area (Å²) in [5, 5.41) is 1.06. The van der Waals surface area contributed by atoms with Crippen LogP contribution in [0.25, 0.3) is 10.9 Å². The van der Waals surface area contributed by atoms with Crippen LogP contribution >= 0.6 is 11.3 Å². The van der Waals surface area contributed by atoms with Crippen molar-refractivity contribution in [3.05, 3.63) is 53.0 Å². The van der Waals surface area contributed by atoms with Gasteiger partial charge in [0, 0.05) is 50.4 Å². The number of fused-ring (bicyclic) bond motifs is 1. The van der Waals surface area contributed by atoms with Crippen LogP contribution < -0.4 is 0 Å². The van der Waals surface area contributed by atoms with Crippen LogP contribution in [0.3, 0.4) is 0 Å². The third kappa shape index (κ3) is 3.97. The molecule has 2 aliphatic rings. The monoisotopic (exact) mass is 485 g/mol. The van der Waals surface area contributed by atoms with Crippen molar-refractivity contribution in [3.8, 4) is 0 Å². The minimum Gasteiger partial charge on any atom is -0.340 e. The van der Waals surface area contributed by atoms with Gasteiger partial charge in [-0.15, -0.1) is 11.3 Å². The van der Waals surface area contributed by atoms with Gasteiger partial charge in [-0.1, -0.05) is 18.2 Å². The Morgan fingerprint density at radius 2 is 1.61 bits per heavy atom. The summed E-state index contributed by atoms with van der Waals surface area (Å²) in [6, 6.07) is 13.1. The Balaban J connectivity index is 1.24. The number of amides is 2. The van der Waals surface area contributed by atoms with Crippen LogP contribution in [0.5, 0.6) is 0 Å². The molecule has 0 radical (unpaired) electrons. The smallest absolute Gasteiger partial charge is 0.270 e. The Morgan fingerprint density at radius 1 is 0.939 bits per heavy atom. The summed E-state index contributed by atoms with van der Waals surface area (Å²) in [6.45, 7) is 2.69. The molecule has 174 valence electrons. The second-order valence-corrected chi connectivity index (χ2v) is 12.6. The topological polar surface area (TPSA) is 79.7 Å². The number of thiophene rings is 1. The summed E-state index contributed by atoms with van der Waals surface area (Å²) in [6.07, 6.45) is 3.81. The van der Waals surface area contributed by atoms with Crippen molar-refractivity contribution in [3.63, 3.8) is 0 Å². The normalized spacial score (nSPS) is 18.4. The van der Waals surface area contributed by atoms with Crippen molar-refractivity contribution in [1.29, 1.82) is 0 Å². The molecule has 0 aliphatic carbocycles. The van der Waals surface area contributed by atoms with Crippen molar-refractivity contribution in [1.82, 2.24) is 14.4 Å². The second-order valence-electron chi connectivity index (χ2n) is 9.31. The van der Waals surface area contributed by atoms with Gasteiger partial charge >= 0.3 is 0 Å². The molecule has 9 heteroatoms. The van der Waals surface area contributed by atoms with E-state index in [1.165, 1.54) is 6.07 Å². The molecule has 0 bridgehead atoms. The van der Waals surface area contributed by atoms with Gasteiger partial charge in [0.25, 0.3) is 11.8 Å². The number of sulfone groups is 1. The maximum absolute atomic E-state index is 13.2. The Kier molecular flexibility index (Phi) is 5.36. The van der Waals surface area contributed by atoms with E-state index in [1.807, 2.05) is 51.7 Å². The summed E-state index contributed by atoms with van der Waals surface area (Å²) in [4.78, 5) is 30.4. The first-order valence-electron chi connectivity index (χ1n) is 11.1. The standard InChI is InChI=1S/C24H27N3O4S2/c1-25-18-6-4-3-5-17(18)15-19(25)22(28)26-12-9-24(10-13-26)11-14-27(16-24)23(29)20-7-8-21(32-20)33(2,30)31/h3-8,15H,9-14,16H2,1-2H3. The van der Waals surface area contributed by atoms with Crippen LogP contribution in [0.1, 0.15) is 39.4 Å². The average Bonchev–Trinajstić information content (AvgIpc) is 3.52. The molecule has 7 nitrogen and oxygen atoms in total. The lowest BCUT2D eigenvalue weighted by atomic mass is 9.77. The third-order valence-corrected chi connectivity index (χ3v) is 10.1. The number of likely N-dealkylation sites (tertiary alicyclic amines) is 2. The fourth-order valence-electron chi connectivity index (χ4n) is 5.15. The van der Waals surface area contributed by atoms with Gasteiger partial charge in [0.15, 0.2) is 9.84 Å². The quantitative estimate of drug-likeness (QED) is 0.570. The summed E-state index contributed by atoms with van der Waals surface area (Å²) in [5.41, 5.74) is 1.78.